The van der Waals surface area contributed by atoms with E-state index in [4.69, 9.17) is 0 Å². The molecule has 0 atom stereocenters. The van der Waals surface area contributed by atoms with Gasteiger partial charge >= 0.3 is 0 Å². The Morgan fingerprint density at radius 1 is 0.395 bits per heavy atom. The highest BCUT2D eigenvalue weighted by Gasteiger charge is 2.43. The first-order valence-electron chi connectivity index (χ1n) is 15.2. The Balaban J connectivity index is 3.10. The minimum Gasteiger partial charge on any atom is -0.348 e. The summed E-state index contributed by atoms with van der Waals surface area (Å²) in [4.78, 5) is 4.99. The molecule has 0 heterocycles. The lowest BCUT2D eigenvalue weighted by Gasteiger charge is -2.39. The normalized spacial score (nSPS) is 12.5. The van der Waals surface area contributed by atoms with E-state index < -0.39 is 0 Å². The van der Waals surface area contributed by atoms with Gasteiger partial charge in [-0.3, -0.25) is 0 Å². The van der Waals surface area contributed by atoms with Crippen molar-refractivity contribution >= 4 is 24.4 Å². The molecule has 2 nitrogen and oxygen atoms in total. The van der Waals surface area contributed by atoms with Gasteiger partial charge < -0.3 is 9.62 Å². The molecule has 0 radical (unpaired) electrons. The molecule has 0 N–H and O–H groups in total. The largest absolute Gasteiger partial charge is 0.348 e. The molecule has 0 aliphatic rings. The molecule has 2 aromatic rings. The predicted octanol–water partition coefficient (Wildman–Crippen LogP) is 7.73. The summed E-state index contributed by atoms with van der Waals surface area (Å²) in [5, 5.41) is 0. The molecular formula is C34H58B2N2. The minimum atomic E-state index is 0.237. The van der Waals surface area contributed by atoms with Crippen LogP contribution in [0.4, 0.5) is 0 Å². The summed E-state index contributed by atoms with van der Waals surface area (Å²) >= 11 is 0. The van der Waals surface area contributed by atoms with Crippen LogP contribution in [0.5, 0.6) is 0 Å². The lowest BCUT2D eigenvalue weighted by atomic mass is 9.13. The third kappa shape index (κ3) is 6.97. The summed E-state index contributed by atoms with van der Waals surface area (Å²) in [5.41, 5.74) is 12.1. The van der Waals surface area contributed by atoms with E-state index in [0.29, 0.717) is 35.5 Å². The van der Waals surface area contributed by atoms with Crippen LogP contribution in [0.3, 0.4) is 0 Å². The maximum atomic E-state index is 2.52. The highest BCUT2D eigenvalue weighted by Crippen LogP contribution is 2.30. The van der Waals surface area contributed by atoms with E-state index in [1.165, 1.54) is 33.4 Å². The fraction of sp³-hybridized carbons (Fsp3) is 0.647. The zero-order valence-electron chi connectivity index (χ0n) is 27.8. The smallest absolute Gasteiger partial charge is 0.247 e. The first-order chi connectivity index (χ1) is 17.5. The van der Waals surface area contributed by atoms with Crippen LogP contribution < -0.4 is 10.9 Å². The third-order valence-electron chi connectivity index (χ3n) is 8.36. The fourth-order valence-corrected chi connectivity index (χ4v) is 6.10. The van der Waals surface area contributed by atoms with Crippen LogP contribution in [0.1, 0.15) is 152 Å². The summed E-state index contributed by atoms with van der Waals surface area (Å²) in [6.07, 6.45) is 0. The molecule has 2 aromatic carbocycles. The van der Waals surface area contributed by atoms with Gasteiger partial charge in [0.15, 0.2) is 0 Å². The van der Waals surface area contributed by atoms with Crippen molar-refractivity contribution in [3.63, 3.8) is 0 Å². The van der Waals surface area contributed by atoms with E-state index in [1.807, 2.05) is 0 Å². The topological polar surface area (TPSA) is 6.48 Å². The molecule has 0 aliphatic heterocycles. The number of hydrogen-bond donors (Lipinski definition) is 0. The third-order valence-corrected chi connectivity index (χ3v) is 8.36. The van der Waals surface area contributed by atoms with Gasteiger partial charge in [0.25, 0.3) is 0 Å². The minimum absolute atomic E-state index is 0.237. The molecular weight excluding hydrogens is 458 g/mol. The molecule has 0 aromatic heterocycles. The summed E-state index contributed by atoms with van der Waals surface area (Å²) in [6, 6.07) is 10.1. The number of nitrogens with zero attached hydrogens (tertiary/aromatic N) is 2. The molecule has 4 heteroatoms. The molecule has 210 valence electrons. The van der Waals surface area contributed by atoms with Crippen molar-refractivity contribution in [1.29, 1.82) is 0 Å². The van der Waals surface area contributed by atoms with Gasteiger partial charge in [-0.25, -0.2) is 0 Å². The van der Waals surface area contributed by atoms with Gasteiger partial charge in [-0.1, -0.05) is 118 Å². The van der Waals surface area contributed by atoms with E-state index in [9.17, 15) is 0 Å². The van der Waals surface area contributed by atoms with Crippen LogP contribution in [0, 0.1) is 0 Å². The van der Waals surface area contributed by atoms with Crippen LogP contribution in [0.15, 0.2) is 24.3 Å². The number of rotatable bonds is 11. The first kappa shape index (κ1) is 32.7. The van der Waals surface area contributed by atoms with E-state index in [2.05, 4.69) is 145 Å². The highest BCUT2D eigenvalue weighted by molar-refractivity contribution is 7.31. The zero-order valence-corrected chi connectivity index (χ0v) is 27.8. The van der Waals surface area contributed by atoms with Crippen molar-refractivity contribution in [3.05, 3.63) is 57.6 Å². The standard InChI is InChI=1S/C34H58B2N2/c1-21(2)27-17-29(23(5)6)33(30(18-27)24(7)8)35(37(13)14)36(38(15)16)34-31(25(9)10)19-28(22(3)4)20-32(34)26(11)12/h17-26H,1-16H3. The van der Waals surface area contributed by atoms with E-state index in [1.54, 1.807) is 10.9 Å². The molecule has 0 spiro atoms. The number of hydrogen-bond acceptors (Lipinski definition) is 2. The quantitative estimate of drug-likeness (QED) is 0.282. The second kappa shape index (κ2) is 13.2. The lowest BCUT2D eigenvalue weighted by Crippen LogP contribution is -2.69. The average molecular weight is 516 g/mol. The lowest BCUT2D eigenvalue weighted by molar-refractivity contribution is 0.629. The van der Waals surface area contributed by atoms with E-state index >= 15 is 0 Å². The Morgan fingerprint density at radius 3 is 0.737 bits per heavy atom. The molecule has 0 fully saturated rings. The maximum Gasteiger partial charge on any atom is 0.247 e. The highest BCUT2D eigenvalue weighted by atomic mass is 15.0. The molecule has 38 heavy (non-hydrogen) atoms. The van der Waals surface area contributed by atoms with Crippen LogP contribution in [0.25, 0.3) is 0 Å². The summed E-state index contributed by atoms with van der Waals surface area (Å²) < 4.78 is 0. The van der Waals surface area contributed by atoms with Crippen LogP contribution in [0.2, 0.25) is 0 Å². The second-order valence-electron chi connectivity index (χ2n) is 14.0. The van der Waals surface area contributed by atoms with Gasteiger partial charge in [0.2, 0.25) is 13.5 Å². The second-order valence-corrected chi connectivity index (χ2v) is 14.0. The van der Waals surface area contributed by atoms with Crippen molar-refractivity contribution in [3.8, 4) is 0 Å². The van der Waals surface area contributed by atoms with Crippen LogP contribution in [-0.2, 0) is 0 Å². The summed E-state index contributed by atoms with van der Waals surface area (Å²) in [6.45, 7) is 28.8. The van der Waals surface area contributed by atoms with Crippen molar-refractivity contribution in [2.24, 2.45) is 0 Å². The Hall–Kier alpha value is -1.51. The van der Waals surface area contributed by atoms with Gasteiger partial charge in [0.1, 0.15) is 0 Å². The van der Waals surface area contributed by atoms with Gasteiger partial charge in [-0.15, -0.1) is 0 Å². The van der Waals surface area contributed by atoms with E-state index in [0.717, 1.165) is 0 Å². The maximum absolute atomic E-state index is 2.52. The first-order valence-corrected chi connectivity index (χ1v) is 15.2. The van der Waals surface area contributed by atoms with Gasteiger partial charge in [0, 0.05) is 0 Å². The monoisotopic (exact) mass is 516 g/mol. The van der Waals surface area contributed by atoms with Crippen molar-refractivity contribution in [2.75, 3.05) is 28.2 Å². The Bertz CT molecular complexity index is 921. The van der Waals surface area contributed by atoms with E-state index in [-0.39, 0.29) is 13.5 Å². The van der Waals surface area contributed by atoms with Gasteiger partial charge in [-0.05, 0) is 97.1 Å². The Morgan fingerprint density at radius 2 is 0.605 bits per heavy atom. The molecule has 0 saturated heterocycles. The van der Waals surface area contributed by atoms with Crippen molar-refractivity contribution in [1.82, 2.24) is 9.62 Å². The molecule has 0 saturated carbocycles. The average Bonchev–Trinajstić information content (AvgIpc) is 2.79. The number of benzene rings is 2. The fourth-order valence-electron chi connectivity index (χ4n) is 6.10. The van der Waals surface area contributed by atoms with Crippen molar-refractivity contribution in [2.45, 2.75) is 119 Å². The zero-order chi connectivity index (χ0) is 29.2. The molecule has 0 bridgehead atoms. The Kier molecular flexibility index (Phi) is 11.4. The van der Waals surface area contributed by atoms with Crippen LogP contribution >= 0.6 is 0 Å². The molecule has 2 rings (SSSR count). The van der Waals surface area contributed by atoms with Crippen molar-refractivity contribution < 1.29 is 0 Å². The summed E-state index contributed by atoms with van der Waals surface area (Å²) in [5.74, 6) is 2.89. The molecule has 0 amide bonds. The molecule has 0 aliphatic carbocycles. The van der Waals surface area contributed by atoms with Crippen LogP contribution in [-0.4, -0.2) is 51.3 Å². The summed E-state index contributed by atoms with van der Waals surface area (Å²) in [7, 11) is 9.16. The molecule has 0 unspecified atom stereocenters. The Labute approximate surface area is 238 Å². The SMILES string of the molecule is CC(C)c1cc(C(C)C)c(B(B(c2c(C(C)C)cc(C(C)C)cc2C(C)C)N(C)C)N(C)C)c(C(C)C)c1. The van der Waals surface area contributed by atoms with Gasteiger partial charge in [-0.2, -0.15) is 0 Å². The predicted molar refractivity (Wildman–Crippen MR) is 176 cm³/mol. The van der Waals surface area contributed by atoms with Gasteiger partial charge in [0.05, 0.1) is 0 Å².